The number of hydrogen-bond acceptors (Lipinski definition) is 4. The van der Waals surface area contributed by atoms with Crippen molar-refractivity contribution in [3.63, 3.8) is 0 Å². The van der Waals surface area contributed by atoms with Crippen molar-refractivity contribution in [1.82, 2.24) is 23.8 Å². The van der Waals surface area contributed by atoms with Crippen molar-refractivity contribution < 1.29 is 24.1 Å². The molecule has 0 unspecified atom stereocenters. The van der Waals surface area contributed by atoms with Gasteiger partial charge in [-0.2, -0.15) is 5.10 Å². The Labute approximate surface area is 250 Å². The number of rotatable bonds is 6. The maximum atomic E-state index is 6.55. The summed E-state index contributed by atoms with van der Waals surface area (Å²) >= 11 is 2.39. The summed E-state index contributed by atoms with van der Waals surface area (Å²) in [6.45, 7) is 4.34. The van der Waals surface area contributed by atoms with E-state index in [0.717, 1.165) is 62.0 Å². The number of nitrogens with zero attached hydrogens (tertiary/aromatic N) is 6. The minimum atomic E-state index is 0.0234. The first-order valence-electron chi connectivity index (χ1n) is 13.8. The fourth-order valence-corrected chi connectivity index (χ4v) is 6.63. The van der Waals surface area contributed by atoms with Crippen LogP contribution in [0.4, 0.5) is 11.5 Å². The van der Waals surface area contributed by atoms with E-state index < -0.39 is 0 Å². The Morgan fingerprint density at radius 3 is 2.54 bits per heavy atom. The molecule has 0 radical (unpaired) electrons. The molecule has 7 nitrogen and oxygen atoms in total. The monoisotopic (exact) mass is 719 g/mol. The normalized spacial score (nSPS) is 12.5. The van der Waals surface area contributed by atoms with Crippen LogP contribution < -0.4 is 9.55 Å². The van der Waals surface area contributed by atoms with Crippen LogP contribution in [0.25, 0.3) is 28.0 Å². The van der Waals surface area contributed by atoms with Gasteiger partial charge in [0.25, 0.3) is 0 Å². The van der Waals surface area contributed by atoms with Gasteiger partial charge in [-0.3, -0.25) is 0 Å². The van der Waals surface area contributed by atoms with Gasteiger partial charge in [0, 0.05) is 12.4 Å². The predicted octanol–water partition coefficient (Wildman–Crippen LogP) is 7.31. The summed E-state index contributed by atoms with van der Waals surface area (Å²) in [5.41, 5.74) is 7.86. The zero-order valence-electron chi connectivity index (χ0n) is 23.1. The summed E-state index contributed by atoms with van der Waals surface area (Å²) in [6, 6.07) is 29.3. The van der Waals surface area contributed by atoms with Gasteiger partial charge in [0.15, 0.2) is 0 Å². The number of aryl methyl sites for hydroxylation is 2. The van der Waals surface area contributed by atoms with E-state index in [2.05, 4.69) is 119 Å². The van der Waals surface area contributed by atoms with Crippen LogP contribution in [-0.2, 0) is 26.4 Å². The van der Waals surface area contributed by atoms with Crippen molar-refractivity contribution in [2.24, 2.45) is 7.05 Å². The number of aromatic nitrogens is 5. The first kappa shape index (κ1) is 25.8. The predicted molar refractivity (Wildman–Crippen MR) is 161 cm³/mol. The van der Waals surface area contributed by atoms with Crippen molar-refractivity contribution in [2.45, 2.75) is 26.6 Å². The van der Waals surface area contributed by atoms with Crippen LogP contribution >= 0.6 is 0 Å². The van der Waals surface area contributed by atoms with Gasteiger partial charge in [-0.1, -0.05) is 13.3 Å². The Hall–Kier alpha value is -4.16. The van der Waals surface area contributed by atoms with Crippen molar-refractivity contribution in [1.29, 1.82) is 0 Å². The number of pyridine rings is 1. The smallest absolute Gasteiger partial charge is 0.192 e. The molecule has 3 aromatic carbocycles. The van der Waals surface area contributed by atoms with Crippen LogP contribution in [0.5, 0.6) is 11.5 Å². The molecule has 3 aromatic heterocycles. The Morgan fingerprint density at radius 1 is 0.878 bits per heavy atom. The molecular weight excluding hydrogens is 690 g/mol. The standard InChI is InChI=1S/C32H29BN6O.Pt/c1-4-16-33-38(32-19-23(2)14-17-34-32)31-21-26(12-13-27(31)28-15-18-35-39(28)33)40-25-9-7-8-24(20-25)37-22-36(3)29-10-5-6-11-30(29)37;/h5-15,17-21H,4,16H2,1-3H3;. The van der Waals surface area contributed by atoms with Crippen molar-refractivity contribution in [3.8, 4) is 28.4 Å². The van der Waals surface area contributed by atoms with E-state index in [0.29, 0.717) is 0 Å². The van der Waals surface area contributed by atoms with Gasteiger partial charge < -0.3 is 0 Å². The number of benzene rings is 3. The molecular formula is C32H29BN6OPt. The molecule has 0 N–H and O–H groups in total. The van der Waals surface area contributed by atoms with Gasteiger partial charge in [-0.05, 0) is 18.6 Å². The third-order valence-electron chi connectivity index (χ3n) is 7.67. The molecule has 0 spiro atoms. The summed E-state index contributed by atoms with van der Waals surface area (Å²) in [7, 11) is 2.10. The second-order valence-corrected chi connectivity index (χ2v) is 11.4. The summed E-state index contributed by atoms with van der Waals surface area (Å²) < 4.78 is 14.3. The summed E-state index contributed by atoms with van der Waals surface area (Å²) in [6.07, 6.45) is 5.73. The minimum absolute atomic E-state index is 0.0234. The molecule has 0 fully saturated rings. The van der Waals surface area contributed by atoms with Gasteiger partial charge >= 0.3 is 202 Å². The van der Waals surface area contributed by atoms with Gasteiger partial charge in [-0.15, -0.1) is 0 Å². The first-order chi connectivity index (χ1) is 20.0. The van der Waals surface area contributed by atoms with Crippen LogP contribution in [0.2, 0.25) is 6.32 Å². The summed E-state index contributed by atoms with van der Waals surface area (Å²) in [5, 5.41) is 4.72. The second-order valence-electron chi connectivity index (χ2n) is 10.4. The zero-order chi connectivity index (χ0) is 28.1. The fraction of sp³-hybridized carbons (Fsp3) is 0.156. The average Bonchev–Trinajstić information content (AvgIpc) is 3.57. The van der Waals surface area contributed by atoms with E-state index in [1.165, 1.54) is 11.1 Å². The second kappa shape index (κ2) is 10.3. The number of hydrogen-bond donors (Lipinski definition) is 0. The number of imidazole rings is 1. The molecule has 4 heterocycles. The SMILES string of the molecule is CCCB1N(c2cc(C)ccn2)c2cc(Oc3cccc(-n4[c](=[Pt])n(C)c5ccccc54)c3)ccc2-c2ccnn21. The van der Waals surface area contributed by atoms with Gasteiger partial charge in [0.2, 0.25) is 0 Å². The van der Waals surface area contributed by atoms with Crippen molar-refractivity contribution >= 4 is 29.5 Å². The molecule has 0 atom stereocenters. The van der Waals surface area contributed by atoms with Crippen LogP contribution in [0.15, 0.2) is 97.3 Å². The topological polar surface area (TPSA) is 53.0 Å². The Balaban J connectivity index is 1.31. The van der Waals surface area contributed by atoms with E-state index in [1.54, 1.807) is 0 Å². The molecule has 0 aliphatic carbocycles. The fourth-order valence-electron chi connectivity index (χ4n) is 5.79. The molecule has 6 aromatic rings. The van der Waals surface area contributed by atoms with Crippen LogP contribution in [-0.4, -0.2) is 30.8 Å². The van der Waals surface area contributed by atoms with E-state index >= 15 is 0 Å². The Bertz CT molecular complexity index is 1980. The van der Waals surface area contributed by atoms with E-state index in [4.69, 9.17) is 14.8 Å². The quantitative estimate of drug-likeness (QED) is 0.170. The number of para-hydroxylation sites is 2. The average molecular weight is 720 g/mol. The van der Waals surface area contributed by atoms with Crippen molar-refractivity contribution in [3.05, 3.63) is 107 Å². The first-order valence-corrected chi connectivity index (χ1v) is 15.0. The van der Waals surface area contributed by atoms with Gasteiger partial charge in [-0.25, -0.2) is 0 Å². The van der Waals surface area contributed by atoms with Crippen molar-refractivity contribution in [2.75, 3.05) is 4.81 Å². The van der Waals surface area contributed by atoms with Crippen LogP contribution in [0.1, 0.15) is 18.9 Å². The molecule has 206 valence electrons. The maximum absolute atomic E-state index is 6.55. The summed E-state index contributed by atoms with van der Waals surface area (Å²) in [4.78, 5) is 7.09. The van der Waals surface area contributed by atoms with Crippen LogP contribution in [0, 0.1) is 10.7 Å². The van der Waals surface area contributed by atoms with Crippen LogP contribution in [0.3, 0.4) is 0 Å². The van der Waals surface area contributed by atoms with E-state index in [-0.39, 0.29) is 6.98 Å². The zero-order valence-corrected chi connectivity index (χ0v) is 25.4. The molecule has 0 bridgehead atoms. The molecule has 0 saturated carbocycles. The number of anilines is 2. The third kappa shape index (κ3) is 4.38. The van der Waals surface area contributed by atoms with Gasteiger partial charge in [0.05, 0.1) is 0 Å². The number of fused-ring (bicyclic) bond motifs is 4. The molecule has 7 rings (SSSR count). The molecule has 1 aliphatic heterocycles. The van der Waals surface area contributed by atoms with E-state index in [1.807, 2.05) is 36.7 Å². The Morgan fingerprint density at radius 2 is 1.71 bits per heavy atom. The molecule has 41 heavy (non-hydrogen) atoms. The molecule has 0 amide bonds. The molecule has 0 saturated heterocycles. The Kier molecular flexibility index (Phi) is 6.51. The van der Waals surface area contributed by atoms with Gasteiger partial charge in [0.1, 0.15) is 0 Å². The number of ether oxygens (including phenoxy) is 1. The molecule has 1 aliphatic rings. The molecule has 9 heteroatoms. The minimum Gasteiger partial charge on any atom is -0.192 e. The van der Waals surface area contributed by atoms with E-state index in [9.17, 15) is 0 Å². The summed E-state index contributed by atoms with van der Waals surface area (Å²) in [5.74, 6) is 2.47. The third-order valence-corrected chi connectivity index (χ3v) is 8.94.